The van der Waals surface area contributed by atoms with Gasteiger partial charge in [-0.3, -0.25) is 0 Å². The summed E-state index contributed by atoms with van der Waals surface area (Å²) in [7, 11) is 0. The topological polar surface area (TPSA) is 45.4 Å². The van der Waals surface area contributed by atoms with Crippen molar-refractivity contribution in [1.29, 1.82) is 0 Å². The summed E-state index contributed by atoms with van der Waals surface area (Å²) in [5.74, 6) is 0. The zero-order valence-electron chi connectivity index (χ0n) is 9.44. The van der Waals surface area contributed by atoms with Crippen LogP contribution < -0.4 is 5.32 Å². The van der Waals surface area contributed by atoms with Crippen LogP contribution in [-0.4, -0.2) is 18.2 Å². The van der Waals surface area contributed by atoms with E-state index in [9.17, 15) is 5.11 Å². The molecule has 0 saturated carbocycles. The van der Waals surface area contributed by atoms with Crippen molar-refractivity contribution in [1.82, 2.24) is 5.32 Å². The molecule has 0 fully saturated rings. The van der Waals surface area contributed by atoms with Gasteiger partial charge in [0.1, 0.15) is 5.58 Å². The summed E-state index contributed by atoms with van der Waals surface area (Å²) in [6, 6.07) is 7.68. The van der Waals surface area contributed by atoms with E-state index in [-0.39, 0.29) is 0 Å². The van der Waals surface area contributed by atoms with Crippen LogP contribution in [0.2, 0.25) is 0 Å². The minimum Gasteiger partial charge on any atom is -0.464 e. The highest BCUT2D eigenvalue weighted by molar-refractivity contribution is 5.77. The Labute approximate surface area is 95.1 Å². The van der Waals surface area contributed by atoms with Crippen molar-refractivity contribution in [2.75, 3.05) is 13.1 Å². The van der Waals surface area contributed by atoms with Crippen molar-refractivity contribution in [3.63, 3.8) is 0 Å². The second-order valence-corrected chi connectivity index (χ2v) is 3.94. The predicted octanol–water partition coefficient (Wildman–Crippen LogP) is 2.47. The first kappa shape index (κ1) is 11.2. The lowest BCUT2D eigenvalue weighted by Crippen LogP contribution is -2.22. The minimum absolute atomic E-state index is 0.453. The lowest BCUT2D eigenvalue weighted by molar-refractivity contribution is 0.175. The molecule has 86 valence electrons. The fourth-order valence-electron chi connectivity index (χ4n) is 1.73. The van der Waals surface area contributed by atoms with E-state index in [0.717, 1.165) is 29.5 Å². The molecule has 2 rings (SSSR count). The Balaban J connectivity index is 2.07. The van der Waals surface area contributed by atoms with Crippen LogP contribution in [0.15, 0.2) is 34.9 Å². The first-order valence-corrected chi connectivity index (χ1v) is 5.67. The number of hydrogen-bond acceptors (Lipinski definition) is 3. The summed E-state index contributed by atoms with van der Waals surface area (Å²) >= 11 is 0. The second-order valence-electron chi connectivity index (χ2n) is 3.94. The molecule has 3 nitrogen and oxygen atoms in total. The van der Waals surface area contributed by atoms with Gasteiger partial charge in [-0.2, -0.15) is 0 Å². The Bertz CT molecular complexity index is 450. The Morgan fingerprint density at radius 2 is 2.25 bits per heavy atom. The summed E-state index contributed by atoms with van der Waals surface area (Å²) < 4.78 is 5.25. The zero-order chi connectivity index (χ0) is 11.4. The van der Waals surface area contributed by atoms with Gasteiger partial charge in [0.25, 0.3) is 0 Å². The van der Waals surface area contributed by atoms with E-state index < -0.39 is 6.10 Å². The molecule has 0 radical (unpaired) electrons. The standard InChI is InChI=1S/C13H17NO2/c1-2-6-14-9-12(15)10-3-4-13-11(8-10)5-7-16-13/h3-5,7-8,12,14-15H,2,6,9H2,1H3. The van der Waals surface area contributed by atoms with E-state index in [1.54, 1.807) is 6.26 Å². The van der Waals surface area contributed by atoms with Crippen LogP contribution in [0.25, 0.3) is 11.0 Å². The highest BCUT2D eigenvalue weighted by atomic mass is 16.3. The molecular formula is C13H17NO2. The number of benzene rings is 1. The highest BCUT2D eigenvalue weighted by Gasteiger charge is 2.08. The molecule has 0 bridgehead atoms. The second kappa shape index (κ2) is 5.14. The molecule has 0 spiro atoms. The number of rotatable bonds is 5. The van der Waals surface area contributed by atoms with Gasteiger partial charge < -0.3 is 14.8 Å². The van der Waals surface area contributed by atoms with E-state index >= 15 is 0 Å². The number of aliphatic hydroxyl groups excluding tert-OH is 1. The van der Waals surface area contributed by atoms with Crippen LogP contribution in [0.1, 0.15) is 25.0 Å². The van der Waals surface area contributed by atoms with Gasteiger partial charge in [-0.05, 0) is 36.7 Å². The molecular weight excluding hydrogens is 202 g/mol. The smallest absolute Gasteiger partial charge is 0.133 e. The van der Waals surface area contributed by atoms with E-state index in [1.165, 1.54) is 0 Å². The molecule has 0 saturated heterocycles. The van der Waals surface area contributed by atoms with Crippen molar-refractivity contribution in [2.45, 2.75) is 19.4 Å². The third-order valence-corrected chi connectivity index (χ3v) is 2.63. The maximum Gasteiger partial charge on any atom is 0.133 e. The SMILES string of the molecule is CCCNCC(O)c1ccc2occc2c1. The molecule has 3 heteroatoms. The van der Waals surface area contributed by atoms with Gasteiger partial charge in [0.15, 0.2) is 0 Å². The predicted molar refractivity (Wildman–Crippen MR) is 64.3 cm³/mol. The summed E-state index contributed by atoms with van der Waals surface area (Å²) in [5.41, 5.74) is 1.79. The Morgan fingerprint density at radius 1 is 1.38 bits per heavy atom. The Hall–Kier alpha value is -1.32. The van der Waals surface area contributed by atoms with E-state index in [1.807, 2.05) is 24.3 Å². The number of aliphatic hydroxyl groups is 1. The largest absolute Gasteiger partial charge is 0.464 e. The average molecular weight is 219 g/mol. The van der Waals surface area contributed by atoms with Crippen molar-refractivity contribution in [3.8, 4) is 0 Å². The Morgan fingerprint density at radius 3 is 3.06 bits per heavy atom. The van der Waals surface area contributed by atoms with E-state index in [2.05, 4.69) is 12.2 Å². The van der Waals surface area contributed by atoms with Crippen molar-refractivity contribution >= 4 is 11.0 Å². The molecule has 1 unspecified atom stereocenters. The van der Waals surface area contributed by atoms with E-state index in [0.29, 0.717) is 6.54 Å². The van der Waals surface area contributed by atoms with Crippen LogP contribution in [0, 0.1) is 0 Å². The van der Waals surface area contributed by atoms with Gasteiger partial charge in [0.05, 0.1) is 12.4 Å². The molecule has 2 aromatic rings. The van der Waals surface area contributed by atoms with Gasteiger partial charge in [0.2, 0.25) is 0 Å². The molecule has 1 atom stereocenters. The average Bonchev–Trinajstić information content (AvgIpc) is 2.76. The molecule has 0 amide bonds. The molecule has 0 aliphatic rings. The fourth-order valence-corrected chi connectivity index (χ4v) is 1.73. The van der Waals surface area contributed by atoms with Gasteiger partial charge >= 0.3 is 0 Å². The third kappa shape index (κ3) is 2.43. The molecule has 2 N–H and O–H groups in total. The molecule has 0 aliphatic carbocycles. The molecule has 1 aromatic carbocycles. The molecule has 1 heterocycles. The summed E-state index contributed by atoms with van der Waals surface area (Å²) in [6.07, 6.45) is 2.29. The first-order chi connectivity index (χ1) is 7.81. The van der Waals surface area contributed by atoms with Gasteiger partial charge in [-0.25, -0.2) is 0 Å². The Kier molecular flexibility index (Phi) is 3.59. The van der Waals surface area contributed by atoms with Crippen molar-refractivity contribution in [2.24, 2.45) is 0 Å². The summed E-state index contributed by atoms with van der Waals surface area (Å²) in [6.45, 7) is 3.64. The lowest BCUT2D eigenvalue weighted by atomic mass is 10.1. The monoisotopic (exact) mass is 219 g/mol. The maximum absolute atomic E-state index is 9.95. The normalized spacial score (nSPS) is 13.1. The van der Waals surface area contributed by atoms with Crippen LogP contribution in [0.4, 0.5) is 0 Å². The fraction of sp³-hybridized carbons (Fsp3) is 0.385. The highest BCUT2D eigenvalue weighted by Crippen LogP contribution is 2.20. The van der Waals surface area contributed by atoms with Crippen LogP contribution in [0.5, 0.6) is 0 Å². The first-order valence-electron chi connectivity index (χ1n) is 5.67. The molecule has 1 aromatic heterocycles. The number of nitrogens with one attached hydrogen (secondary N) is 1. The van der Waals surface area contributed by atoms with Crippen LogP contribution in [0.3, 0.4) is 0 Å². The summed E-state index contributed by atoms with van der Waals surface area (Å²) in [5, 5.41) is 14.2. The van der Waals surface area contributed by atoms with Gasteiger partial charge in [-0.15, -0.1) is 0 Å². The van der Waals surface area contributed by atoms with E-state index in [4.69, 9.17) is 4.42 Å². The minimum atomic E-state index is -0.453. The number of furan rings is 1. The number of hydrogen-bond donors (Lipinski definition) is 2. The van der Waals surface area contributed by atoms with Crippen LogP contribution in [-0.2, 0) is 0 Å². The van der Waals surface area contributed by atoms with Gasteiger partial charge in [-0.1, -0.05) is 13.0 Å². The van der Waals surface area contributed by atoms with Crippen molar-refractivity contribution in [3.05, 3.63) is 36.1 Å². The lowest BCUT2D eigenvalue weighted by Gasteiger charge is -2.11. The van der Waals surface area contributed by atoms with Crippen molar-refractivity contribution < 1.29 is 9.52 Å². The third-order valence-electron chi connectivity index (χ3n) is 2.63. The zero-order valence-corrected chi connectivity index (χ0v) is 9.44. The van der Waals surface area contributed by atoms with Gasteiger partial charge in [0, 0.05) is 11.9 Å². The quantitative estimate of drug-likeness (QED) is 0.759. The molecule has 0 aliphatic heterocycles. The molecule has 16 heavy (non-hydrogen) atoms. The maximum atomic E-state index is 9.95. The number of fused-ring (bicyclic) bond motifs is 1. The summed E-state index contributed by atoms with van der Waals surface area (Å²) in [4.78, 5) is 0. The van der Waals surface area contributed by atoms with Crippen LogP contribution >= 0.6 is 0 Å².